The van der Waals surface area contributed by atoms with Crippen molar-refractivity contribution < 1.29 is 0 Å². The van der Waals surface area contributed by atoms with Gasteiger partial charge >= 0.3 is 0 Å². The third-order valence-corrected chi connectivity index (χ3v) is 3.60. The molecule has 108 valence electrons. The maximum atomic E-state index is 5.63. The van der Waals surface area contributed by atoms with Crippen LogP contribution in [0.3, 0.4) is 0 Å². The molecule has 0 aliphatic carbocycles. The van der Waals surface area contributed by atoms with Crippen LogP contribution in [-0.4, -0.2) is 11.0 Å². The molecule has 0 aliphatic rings. The van der Waals surface area contributed by atoms with E-state index in [0.717, 1.165) is 12.8 Å². The average Bonchev–Trinajstić information content (AvgIpc) is 2.46. The topological polar surface area (TPSA) is 50.9 Å². The predicted molar refractivity (Wildman–Crippen MR) is 81.7 cm³/mol. The van der Waals surface area contributed by atoms with Gasteiger partial charge in [-0.05, 0) is 24.5 Å². The summed E-state index contributed by atoms with van der Waals surface area (Å²) < 4.78 is 0. The fraction of sp³-hybridized carbons (Fsp3) is 0.688. The van der Waals surface area contributed by atoms with Gasteiger partial charge in [0, 0.05) is 18.4 Å². The van der Waals surface area contributed by atoms with Gasteiger partial charge in [0.25, 0.3) is 0 Å². The van der Waals surface area contributed by atoms with Gasteiger partial charge in [-0.3, -0.25) is 16.3 Å². The second-order valence-corrected chi connectivity index (χ2v) is 5.34. The fourth-order valence-corrected chi connectivity index (χ4v) is 2.40. The quantitative estimate of drug-likeness (QED) is 0.364. The van der Waals surface area contributed by atoms with Crippen molar-refractivity contribution in [1.82, 2.24) is 10.4 Å². The highest BCUT2D eigenvalue weighted by Crippen LogP contribution is 2.11. The number of aromatic nitrogens is 1. The van der Waals surface area contributed by atoms with E-state index in [1.807, 2.05) is 18.5 Å². The molecule has 19 heavy (non-hydrogen) atoms. The Balaban J connectivity index is 2.09. The van der Waals surface area contributed by atoms with Gasteiger partial charge in [0.2, 0.25) is 0 Å². The van der Waals surface area contributed by atoms with Crippen molar-refractivity contribution in [2.45, 2.75) is 70.8 Å². The van der Waals surface area contributed by atoms with E-state index in [2.05, 4.69) is 23.4 Å². The molecule has 3 nitrogen and oxygen atoms in total. The van der Waals surface area contributed by atoms with Crippen LogP contribution in [0.2, 0.25) is 0 Å². The van der Waals surface area contributed by atoms with Crippen molar-refractivity contribution in [2.24, 2.45) is 5.84 Å². The van der Waals surface area contributed by atoms with Crippen molar-refractivity contribution in [1.29, 1.82) is 0 Å². The third kappa shape index (κ3) is 7.96. The van der Waals surface area contributed by atoms with Crippen LogP contribution >= 0.6 is 0 Å². The lowest BCUT2D eigenvalue weighted by Crippen LogP contribution is -2.36. The van der Waals surface area contributed by atoms with E-state index in [9.17, 15) is 0 Å². The van der Waals surface area contributed by atoms with Crippen LogP contribution in [0.4, 0.5) is 0 Å². The van der Waals surface area contributed by atoms with Crippen LogP contribution in [0.25, 0.3) is 0 Å². The summed E-state index contributed by atoms with van der Waals surface area (Å²) >= 11 is 0. The molecule has 0 aromatic carbocycles. The number of hydrogen-bond acceptors (Lipinski definition) is 3. The Bertz CT molecular complexity index is 300. The maximum absolute atomic E-state index is 5.63. The van der Waals surface area contributed by atoms with E-state index in [1.54, 1.807) is 0 Å². The van der Waals surface area contributed by atoms with Crippen molar-refractivity contribution in [2.75, 3.05) is 0 Å². The van der Waals surface area contributed by atoms with E-state index in [4.69, 9.17) is 5.84 Å². The van der Waals surface area contributed by atoms with Crippen LogP contribution in [0.5, 0.6) is 0 Å². The minimum Gasteiger partial charge on any atom is -0.271 e. The molecule has 1 unspecified atom stereocenters. The molecular formula is C16H29N3. The summed E-state index contributed by atoms with van der Waals surface area (Å²) in [5.74, 6) is 5.63. The number of hydrazine groups is 1. The van der Waals surface area contributed by atoms with Gasteiger partial charge in [-0.2, -0.15) is 0 Å². The summed E-state index contributed by atoms with van der Waals surface area (Å²) in [6.45, 7) is 2.26. The maximum Gasteiger partial charge on any atom is 0.0300 e. The molecule has 0 aliphatic heterocycles. The van der Waals surface area contributed by atoms with Crippen molar-refractivity contribution in [3.05, 3.63) is 30.1 Å². The lowest BCUT2D eigenvalue weighted by atomic mass is 10.0. The molecule has 0 saturated carbocycles. The van der Waals surface area contributed by atoms with Crippen LogP contribution in [0, 0.1) is 0 Å². The second-order valence-electron chi connectivity index (χ2n) is 5.34. The highest BCUT2D eigenvalue weighted by molar-refractivity contribution is 5.09. The first-order valence-corrected chi connectivity index (χ1v) is 7.71. The first kappa shape index (κ1) is 16.1. The number of nitrogens with one attached hydrogen (secondary N) is 1. The molecule has 1 rings (SSSR count). The zero-order chi connectivity index (χ0) is 13.8. The van der Waals surface area contributed by atoms with E-state index in [-0.39, 0.29) is 0 Å². The number of pyridine rings is 1. The van der Waals surface area contributed by atoms with E-state index in [0.29, 0.717) is 6.04 Å². The molecular weight excluding hydrogens is 234 g/mol. The molecule has 0 amide bonds. The number of unbranched alkanes of at least 4 members (excludes halogenated alkanes) is 6. The second kappa shape index (κ2) is 10.9. The fourth-order valence-electron chi connectivity index (χ4n) is 2.40. The lowest BCUT2D eigenvalue weighted by Gasteiger charge is -2.15. The Hall–Kier alpha value is -0.930. The smallest absolute Gasteiger partial charge is 0.0300 e. The molecule has 1 heterocycles. The van der Waals surface area contributed by atoms with Gasteiger partial charge in [0.1, 0.15) is 0 Å². The van der Waals surface area contributed by atoms with E-state index >= 15 is 0 Å². The van der Waals surface area contributed by atoms with Crippen molar-refractivity contribution >= 4 is 0 Å². The monoisotopic (exact) mass is 263 g/mol. The molecule has 3 heteroatoms. The largest absolute Gasteiger partial charge is 0.271 e. The summed E-state index contributed by atoms with van der Waals surface area (Å²) in [6, 6.07) is 4.47. The predicted octanol–water partition coefficient (Wildman–Crippen LogP) is 3.60. The first-order valence-electron chi connectivity index (χ1n) is 7.71. The zero-order valence-electron chi connectivity index (χ0n) is 12.3. The third-order valence-electron chi connectivity index (χ3n) is 3.60. The average molecular weight is 263 g/mol. The number of hydrogen-bond donors (Lipinski definition) is 2. The van der Waals surface area contributed by atoms with Gasteiger partial charge in [0.15, 0.2) is 0 Å². The Kier molecular flexibility index (Phi) is 9.29. The van der Waals surface area contributed by atoms with Crippen LogP contribution in [0.15, 0.2) is 24.5 Å². The van der Waals surface area contributed by atoms with Crippen molar-refractivity contribution in [3.8, 4) is 0 Å². The van der Waals surface area contributed by atoms with Gasteiger partial charge in [-0.15, -0.1) is 0 Å². The standard InChI is InChI=1S/C16H29N3/c1-2-3-4-5-6-7-8-11-16(19-17)13-15-10-9-12-18-14-15/h9-10,12,14,16,19H,2-8,11,13,17H2,1H3. The van der Waals surface area contributed by atoms with Gasteiger partial charge in [-0.25, -0.2) is 0 Å². The van der Waals surface area contributed by atoms with Crippen molar-refractivity contribution in [3.63, 3.8) is 0 Å². The Labute approximate surface area is 118 Å². The highest BCUT2D eigenvalue weighted by atomic mass is 15.2. The summed E-state index contributed by atoms with van der Waals surface area (Å²) in [7, 11) is 0. The summed E-state index contributed by atoms with van der Waals surface area (Å²) in [4.78, 5) is 4.14. The molecule has 0 spiro atoms. The summed E-state index contributed by atoms with van der Waals surface area (Å²) in [6.07, 6.45) is 15.3. The molecule has 0 radical (unpaired) electrons. The van der Waals surface area contributed by atoms with Gasteiger partial charge in [-0.1, -0.05) is 57.9 Å². The minimum atomic E-state index is 0.375. The Morgan fingerprint density at radius 2 is 1.89 bits per heavy atom. The number of nitrogens with two attached hydrogens (primary N) is 1. The first-order chi connectivity index (χ1) is 9.36. The Morgan fingerprint density at radius 1 is 1.16 bits per heavy atom. The molecule has 0 fully saturated rings. The zero-order valence-corrected chi connectivity index (χ0v) is 12.3. The molecule has 1 aromatic heterocycles. The summed E-state index contributed by atoms with van der Waals surface area (Å²) in [5, 5.41) is 0. The van der Waals surface area contributed by atoms with Crippen LogP contribution < -0.4 is 11.3 Å². The van der Waals surface area contributed by atoms with Crippen LogP contribution in [-0.2, 0) is 6.42 Å². The SMILES string of the molecule is CCCCCCCCCC(Cc1cccnc1)NN. The molecule has 1 atom stereocenters. The molecule has 3 N–H and O–H groups in total. The minimum absolute atomic E-state index is 0.375. The Morgan fingerprint density at radius 3 is 2.53 bits per heavy atom. The lowest BCUT2D eigenvalue weighted by molar-refractivity contribution is 0.458. The van der Waals surface area contributed by atoms with Gasteiger partial charge in [0.05, 0.1) is 0 Å². The molecule has 0 bridgehead atoms. The number of rotatable bonds is 11. The molecule has 0 saturated heterocycles. The van der Waals surface area contributed by atoms with E-state index in [1.165, 1.54) is 50.5 Å². The van der Waals surface area contributed by atoms with Crippen LogP contribution in [0.1, 0.15) is 63.9 Å². The summed E-state index contributed by atoms with van der Waals surface area (Å²) in [5.41, 5.74) is 4.19. The van der Waals surface area contributed by atoms with Gasteiger partial charge < -0.3 is 0 Å². The number of nitrogens with zero attached hydrogens (tertiary/aromatic N) is 1. The molecule has 1 aromatic rings. The van der Waals surface area contributed by atoms with E-state index < -0.39 is 0 Å². The highest BCUT2D eigenvalue weighted by Gasteiger charge is 2.07. The normalized spacial score (nSPS) is 12.5.